The number of fused-ring (bicyclic) bond motifs is 3. The molecule has 17 heavy (non-hydrogen) atoms. The van der Waals surface area contributed by atoms with Crippen LogP contribution in [0.2, 0.25) is 0 Å². The maximum Gasteiger partial charge on any atom is 0.147 e. The van der Waals surface area contributed by atoms with Gasteiger partial charge < -0.3 is 10.3 Å². The number of halogens is 1. The lowest BCUT2D eigenvalue weighted by Crippen LogP contribution is -2.34. The van der Waals surface area contributed by atoms with Crippen molar-refractivity contribution in [2.45, 2.75) is 19.4 Å². The molecule has 0 spiro atoms. The highest BCUT2D eigenvalue weighted by Crippen LogP contribution is 2.37. The quantitative estimate of drug-likeness (QED) is 0.807. The van der Waals surface area contributed by atoms with Gasteiger partial charge in [0.1, 0.15) is 17.8 Å². The number of nitrogens with zero attached hydrogens (tertiary/aromatic N) is 4. The zero-order valence-corrected chi connectivity index (χ0v) is 11.2. The Morgan fingerprint density at radius 3 is 2.94 bits per heavy atom. The molecule has 0 saturated heterocycles. The Morgan fingerprint density at radius 2 is 2.18 bits per heavy atom. The molecule has 0 saturated carbocycles. The van der Waals surface area contributed by atoms with E-state index in [4.69, 9.17) is 5.73 Å². The van der Waals surface area contributed by atoms with Crippen LogP contribution in [0.15, 0.2) is 15.8 Å². The molecule has 0 fully saturated rings. The fraction of sp³-hybridized carbons (Fsp3) is 0.364. The van der Waals surface area contributed by atoms with Crippen LogP contribution in [0, 0.1) is 0 Å². The lowest BCUT2D eigenvalue weighted by Gasteiger charge is -2.30. The third kappa shape index (κ3) is 1.33. The molecule has 2 aromatic heterocycles. The minimum atomic E-state index is -0.102. The Labute approximate surface area is 107 Å². The summed E-state index contributed by atoms with van der Waals surface area (Å²) >= 11 is 3.57. The van der Waals surface area contributed by atoms with Gasteiger partial charge in [0, 0.05) is 6.21 Å². The van der Waals surface area contributed by atoms with Crippen LogP contribution >= 0.6 is 15.9 Å². The maximum atomic E-state index is 5.92. The van der Waals surface area contributed by atoms with E-state index in [1.165, 1.54) is 6.33 Å². The number of hydrogen-bond acceptors (Lipinski definition) is 4. The second-order valence-corrected chi connectivity index (χ2v) is 5.57. The Morgan fingerprint density at radius 1 is 1.41 bits per heavy atom. The summed E-state index contributed by atoms with van der Waals surface area (Å²) in [6.07, 6.45) is 3.36. The average Bonchev–Trinajstić information content (AvgIpc) is 2.55. The van der Waals surface area contributed by atoms with Crippen LogP contribution in [0.1, 0.15) is 19.5 Å². The van der Waals surface area contributed by atoms with Crippen LogP contribution in [-0.4, -0.2) is 27.3 Å². The number of aliphatic imine (C=N–C) groups is 1. The molecule has 2 aromatic rings. The Balaban J connectivity index is 2.52. The molecule has 0 atom stereocenters. The van der Waals surface area contributed by atoms with E-state index in [2.05, 4.69) is 49.3 Å². The number of hydrogen-bond donors (Lipinski definition) is 1. The van der Waals surface area contributed by atoms with Gasteiger partial charge in [0.05, 0.1) is 27.6 Å². The fourth-order valence-electron chi connectivity index (χ4n) is 2.26. The first-order valence-corrected chi connectivity index (χ1v) is 6.12. The van der Waals surface area contributed by atoms with E-state index >= 15 is 0 Å². The minimum absolute atomic E-state index is 0.102. The van der Waals surface area contributed by atoms with Gasteiger partial charge in [0.2, 0.25) is 0 Å². The van der Waals surface area contributed by atoms with E-state index in [-0.39, 0.29) is 5.54 Å². The standard InChI is InChI=1S/C11H12BrN5/c1-11(2)4-14-3-6-8(12)7-9(13)15-5-16-10(7)17(6)11/h3,5H,4H2,1-2H3,(H2,13,15,16). The smallest absolute Gasteiger partial charge is 0.147 e. The van der Waals surface area contributed by atoms with Gasteiger partial charge in [0.25, 0.3) is 0 Å². The first-order chi connectivity index (χ1) is 8.02. The van der Waals surface area contributed by atoms with Crippen molar-refractivity contribution >= 4 is 39.0 Å². The molecule has 0 bridgehead atoms. The van der Waals surface area contributed by atoms with Crippen LogP contribution in [0.4, 0.5) is 5.82 Å². The van der Waals surface area contributed by atoms with E-state index in [0.29, 0.717) is 5.82 Å². The third-order valence-corrected chi connectivity index (χ3v) is 3.85. The Kier molecular flexibility index (Phi) is 2.07. The van der Waals surface area contributed by atoms with Crippen LogP contribution in [0.5, 0.6) is 0 Å². The van der Waals surface area contributed by atoms with Crippen LogP contribution in [0.25, 0.3) is 11.0 Å². The maximum absolute atomic E-state index is 5.92. The molecule has 5 nitrogen and oxygen atoms in total. The van der Waals surface area contributed by atoms with Gasteiger partial charge in [-0.2, -0.15) is 0 Å². The molecule has 3 heterocycles. The van der Waals surface area contributed by atoms with Crippen molar-refractivity contribution in [3.8, 4) is 0 Å². The highest BCUT2D eigenvalue weighted by atomic mass is 79.9. The highest BCUT2D eigenvalue weighted by Gasteiger charge is 2.30. The van der Waals surface area contributed by atoms with Crippen molar-refractivity contribution in [3.63, 3.8) is 0 Å². The summed E-state index contributed by atoms with van der Waals surface area (Å²) in [5.74, 6) is 0.493. The van der Waals surface area contributed by atoms with Crippen molar-refractivity contribution < 1.29 is 0 Å². The van der Waals surface area contributed by atoms with Crippen molar-refractivity contribution in [2.24, 2.45) is 4.99 Å². The highest BCUT2D eigenvalue weighted by molar-refractivity contribution is 9.10. The molecule has 3 rings (SSSR count). The van der Waals surface area contributed by atoms with Gasteiger partial charge in [-0.1, -0.05) is 0 Å². The van der Waals surface area contributed by atoms with Crippen molar-refractivity contribution in [2.75, 3.05) is 12.3 Å². The van der Waals surface area contributed by atoms with E-state index < -0.39 is 0 Å². The summed E-state index contributed by atoms with van der Waals surface area (Å²) in [5, 5.41) is 0.865. The van der Waals surface area contributed by atoms with Gasteiger partial charge >= 0.3 is 0 Å². The molecule has 1 aliphatic rings. The SMILES string of the molecule is CC1(C)CN=Cc2c(Br)c3c(N)ncnc3n21. The summed E-state index contributed by atoms with van der Waals surface area (Å²) in [6, 6.07) is 0. The number of aromatic nitrogens is 3. The van der Waals surface area contributed by atoms with E-state index in [1.807, 2.05) is 6.21 Å². The predicted octanol–water partition coefficient (Wildman–Crippen LogP) is 1.94. The van der Waals surface area contributed by atoms with Crippen molar-refractivity contribution in [1.82, 2.24) is 14.5 Å². The number of rotatable bonds is 0. The molecule has 0 unspecified atom stereocenters. The lowest BCUT2D eigenvalue weighted by molar-refractivity contribution is 0.369. The fourth-order valence-corrected chi connectivity index (χ4v) is 2.92. The summed E-state index contributed by atoms with van der Waals surface area (Å²) in [4.78, 5) is 12.8. The second kappa shape index (κ2) is 3.29. The molecule has 1 aliphatic heterocycles. The van der Waals surface area contributed by atoms with Crippen LogP contribution in [-0.2, 0) is 5.54 Å². The van der Waals surface area contributed by atoms with Gasteiger partial charge in [-0.05, 0) is 29.8 Å². The molecule has 6 heteroatoms. The minimum Gasteiger partial charge on any atom is -0.383 e. The van der Waals surface area contributed by atoms with Gasteiger partial charge in [-0.3, -0.25) is 4.99 Å². The van der Waals surface area contributed by atoms with E-state index in [0.717, 1.165) is 27.7 Å². The molecule has 88 valence electrons. The summed E-state index contributed by atoms with van der Waals surface area (Å²) in [7, 11) is 0. The normalized spacial score (nSPS) is 17.4. The Bertz CT molecular complexity index is 641. The van der Waals surface area contributed by atoms with Crippen LogP contribution in [0.3, 0.4) is 0 Å². The molecular weight excluding hydrogens is 282 g/mol. The molecule has 0 aromatic carbocycles. The number of nitrogens with two attached hydrogens (primary N) is 1. The topological polar surface area (TPSA) is 69.1 Å². The average molecular weight is 294 g/mol. The lowest BCUT2D eigenvalue weighted by atomic mass is 10.0. The monoisotopic (exact) mass is 293 g/mol. The van der Waals surface area contributed by atoms with Gasteiger partial charge in [-0.25, -0.2) is 9.97 Å². The number of nitrogen functional groups attached to an aromatic ring is 1. The van der Waals surface area contributed by atoms with Crippen molar-refractivity contribution in [1.29, 1.82) is 0 Å². The molecule has 0 amide bonds. The number of anilines is 1. The van der Waals surface area contributed by atoms with Gasteiger partial charge in [0.15, 0.2) is 0 Å². The molecule has 0 aliphatic carbocycles. The zero-order valence-electron chi connectivity index (χ0n) is 9.61. The van der Waals surface area contributed by atoms with Gasteiger partial charge in [-0.15, -0.1) is 0 Å². The molecule has 0 radical (unpaired) electrons. The second-order valence-electron chi connectivity index (χ2n) is 4.77. The molecule has 2 N–H and O–H groups in total. The largest absolute Gasteiger partial charge is 0.383 e. The summed E-state index contributed by atoms with van der Waals surface area (Å²) in [6.45, 7) is 5.01. The van der Waals surface area contributed by atoms with E-state index in [1.54, 1.807) is 0 Å². The zero-order chi connectivity index (χ0) is 12.2. The first kappa shape index (κ1) is 10.7. The van der Waals surface area contributed by atoms with Crippen LogP contribution < -0.4 is 5.73 Å². The summed E-state index contributed by atoms with van der Waals surface area (Å²) < 4.78 is 3.08. The van der Waals surface area contributed by atoms with E-state index in [9.17, 15) is 0 Å². The first-order valence-electron chi connectivity index (χ1n) is 5.33. The molecular formula is C11H12BrN5. The summed E-state index contributed by atoms with van der Waals surface area (Å²) in [5.41, 5.74) is 7.68. The Hall–Kier alpha value is -1.43. The van der Waals surface area contributed by atoms with Crippen molar-refractivity contribution in [3.05, 3.63) is 16.5 Å². The predicted molar refractivity (Wildman–Crippen MR) is 71.4 cm³/mol. The third-order valence-electron chi connectivity index (χ3n) is 3.05.